The van der Waals surface area contributed by atoms with E-state index in [1.165, 1.54) is 0 Å². The number of ketones is 1. The van der Waals surface area contributed by atoms with Gasteiger partial charge in [0, 0.05) is 7.05 Å². The van der Waals surface area contributed by atoms with Crippen LogP contribution in [0.2, 0.25) is 0 Å². The molecule has 102 valence electrons. The molecule has 0 spiro atoms. The van der Waals surface area contributed by atoms with Gasteiger partial charge in [-0.2, -0.15) is 5.26 Å². The van der Waals surface area contributed by atoms with Crippen LogP contribution in [0.3, 0.4) is 0 Å². The van der Waals surface area contributed by atoms with E-state index in [1.807, 2.05) is 38.8 Å². The number of aryl methyl sites for hydroxylation is 2. The van der Waals surface area contributed by atoms with Crippen LogP contribution in [0.4, 0.5) is 5.69 Å². The fourth-order valence-electron chi connectivity index (χ4n) is 2.25. The standard InChI is InChI=1S/C15H20N2O2/c1-10-8-11(2)14(15(19-5)12(10)3)17(4)9-13(18)6-7-16/h8H,6,9H2,1-5H3. The van der Waals surface area contributed by atoms with E-state index in [4.69, 9.17) is 10.00 Å². The summed E-state index contributed by atoms with van der Waals surface area (Å²) in [6.07, 6.45) is -0.0590. The van der Waals surface area contributed by atoms with Gasteiger partial charge in [0.15, 0.2) is 5.78 Å². The Balaban J connectivity index is 3.16. The highest BCUT2D eigenvalue weighted by atomic mass is 16.5. The number of carbonyl (C=O) groups excluding carboxylic acids is 1. The maximum absolute atomic E-state index is 11.6. The Morgan fingerprint density at radius 1 is 1.37 bits per heavy atom. The molecule has 0 radical (unpaired) electrons. The highest BCUT2D eigenvalue weighted by Gasteiger charge is 2.17. The number of Topliss-reactive ketones (excluding diaryl/α,β-unsaturated/α-hetero) is 1. The molecule has 0 fully saturated rings. The van der Waals surface area contributed by atoms with Crippen molar-refractivity contribution in [2.75, 3.05) is 25.6 Å². The quantitative estimate of drug-likeness (QED) is 0.816. The second-order valence-corrected chi connectivity index (χ2v) is 4.75. The Kier molecular flexibility index (Phi) is 4.94. The third kappa shape index (κ3) is 3.25. The molecule has 0 saturated heterocycles. The Hall–Kier alpha value is -2.02. The molecule has 1 aromatic carbocycles. The molecule has 4 heteroatoms. The van der Waals surface area contributed by atoms with Gasteiger partial charge in [-0.1, -0.05) is 6.07 Å². The van der Waals surface area contributed by atoms with E-state index in [9.17, 15) is 4.79 Å². The molecule has 0 atom stereocenters. The third-order valence-electron chi connectivity index (χ3n) is 3.23. The van der Waals surface area contributed by atoms with Crippen molar-refractivity contribution in [1.82, 2.24) is 0 Å². The first kappa shape index (κ1) is 15.0. The molecule has 1 rings (SSSR count). The minimum atomic E-state index is -0.0929. The molecule has 0 N–H and O–H groups in total. The molecular weight excluding hydrogens is 240 g/mol. The smallest absolute Gasteiger partial charge is 0.166 e. The number of hydrogen-bond acceptors (Lipinski definition) is 4. The topological polar surface area (TPSA) is 53.3 Å². The second-order valence-electron chi connectivity index (χ2n) is 4.75. The van der Waals surface area contributed by atoms with Crippen molar-refractivity contribution in [1.29, 1.82) is 5.26 Å². The number of methoxy groups -OCH3 is 1. The number of anilines is 1. The van der Waals surface area contributed by atoms with Gasteiger partial charge in [0.05, 0.1) is 31.8 Å². The van der Waals surface area contributed by atoms with Crippen molar-refractivity contribution in [3.8, 4) is 11.8 Å². The average Bonchev–Trinajstić information content (AvgIpc) is 2.33. The highest BCUT2D eigenvalue weighted by molar-refractivity contribution is 5.86. The van der Waals surface area contributed by atoms with Gasteiger partial charge in [0.1, 0.15) is 5.75 Å². The molecule has 0 unspecified atom stereocenters. The van der Waals surface area contributed by atoms with E-state index < -0.39 is 0 Å². The molecule has 0 aliphatic rings. The van der Waals surface area contributed by atoms with E-state index in [0.717, 1.165) is 28.1 Å². The third-order valence-corrected chi connectivity index (χ3v) is 3.23. The van der Waals surface area contributed by atoms with Crippen LogP contribution in [0.25, 0.3) is 0 Å². The summed E-state index contributed by atoms with van der Waals surface area (Å²) in [6.45, 7) is 6.25. The summed E-state index contributed by atoms with van der Waals surface area (Å²) in [4.78, 5) is 13.4. The van der Waals surface area contributed by atoms with E-state index >= 15 is 0 Å². The molecule has 0 bridgehead atoms. The molecule has 1 aromatic rings. The predicted molar refractivity (Wildman–Crippen MR) is 75.7 cm³/mol. The lowest BCUT2D eigenvalue weighted by Gasteiger charge is -2.25. The molecule has 0 heterocycles. The van der Waals surface area contributed by atoms with E-state index in [1.54, 1.807) is 7.11 Å². The number of rotatable bonds is 5. The van der Waals surface area contributed by atoms with Crippen molar-refractivity contribution < 1.29 is 9.53 Å². The van der Waals surface area contributed by atoms with Gasteiger partial charge in [0.25, 0.3) is 0 Å². The number of carbonyl (C=O) groups is 1. The maximum Gasteiger partial charge on any atom is 0.166 e. The Morgan fingerprint density at radius 3 is 2.53 bits per heavy atom. The number of nitriles is 1. The highest BCUT2D eigenvalue weighted by Crippen LogP contribution is 2.36. The first-order valence-electron chi connectivity index (χ1n) is 6.17. The van der Waals surface area contributed by atoms with Crippen LogP contribution >= 0.6 is 0 Å². The molecule has 0 aliphatic heterocycles. The Labute approximate surface area is 114 Å². The summed E-state index contributed by atoms with van der Waals surface area (Å²) in [5.74, 6) is 0.703. The van der Waals surface area contributed by atoms with Crippen molar-refractivity contribution in [3.63, 3.8) is 0 Å². The summed E-state index contributed by atoms with van der Waals surface area (Å²) in [7, 11) is 3.48. The van der Waals surface area contributed by atoms with Gasteiger partial charge in [-0.25, -0.2) is 0 Å². The van der Waals surface area contributed by atoms with Gasteiger partial charge in [-0.05, 0) is 37.5 Å². The zero-order valence-electron chi connectivity index (χ0n) is 12.2. The Bertz CT molecular complexity index is 530. The molecule has 0 aromatic heterocycles. The first-order valence-corrected chi connectivity index (χ1v) is 6.17. The number of benzene rings is 1. The zero-order chi connectivity index (χ0) is 14.6. The lowest BCUT2D eigenvalue weighted by molar-refractivity contribution is -0.116. The molecule has 4 nitrogen and oxygen atoms in total. The van der Waals surface area contributed by atoms with Crippen molar-refractivity contribution >= 4 is 11.5 Å². The van der Waals surface area contributed by atoms with Crippen LogP contribution < -0.4 is 9.64 Å². The lowest BCUT2D eigenvalue weighted by Crippen LogP contribution is -2.26. The fourth-order valence-corrected chi connectivity index (χ4v) is 2.25. The van der Waals surface area contributed by atoms with Gasteiger partial charge < -0.3 is 9.64 Å². The zero-order valence-corrected chi connectivity index (χ0v) is 12.2. The van der Waals surface area contributed by atoms with Crippen molar-refractivity contribution in [2.24, 2.45) is 0 Å². The predicted octanol–water partition coefficient (Wildman–Crippen LogP) is 2.54. The fraction of sp³-hybridized carbons (Fsp3) is 0.467. The minimum absolute atomic E-state index is 0.0590. The van der Waals surface area contributed by atoms with Crippen LogP contribution in [0.1, 0.15) is 23.1 Å². The van der Waals surface area contributed by atoms with Crippen molar-refractivity contribution in [2.45, 2.75) is 27.2 Å². The van der Waals surface area contributed by atoms with E-state index in [-0.39, 0.29) is 18.7 Å². The normalized spacial score (nSPS) is 9.89. The number of nitrogens with zero attached hydrogens (tertiary/aromatic N) is 2. The van der Waals surface area contributed by atoms with Crippen LogP contribution in [0, 0.1) is 32.1 Å². The van der Waals surface area contributed by atoms with Gasteiger partial charge in [-0.3, -0.25) is 4.79 Å². The molecule has 0 aliphatic carbocycles. The van der Waals surface area contributed by atoms with Crippen LogP contribution in [-0.4, -0.2) is 26.5 Å². The molecular formula is C15H20N2O2. The summed E-state index contributed by atoms with van der Waals surface area (Å²) in [5, 5.41) is 8.54. The average molecular weight is 260 g/mol. The number of likely N-dealkylation sites (N-methyl/N-ethyl adjacent to an activating group) is 1. The summed E-state index contributed by atoms with van der Waals surface area (Å²) in [5.41, 5.74) is 4.21. The molecule has 19 heavy (non-hydrogen) atoms. The van der Waals surface area contributed by atoms with E-state index in [2.05, 4.69) is 6.07 Å². The van der Waals surface area contributed by atoms with Crippen LogP contribution in [-0.2, 0) is 4.79 Å². The van der Waals surface area contributed by atoms with Crippen LogP contribution in [0.5, 0.6) is 5.75 Å². The number of ether oxygens (including phenoxy) is 1. The maximum atomic E-state index is 11.6. The van der Waals surface area contributed by atoms with Crippen LogP contribution in [0.15, 0.2) is 6.07 Å². The lowest BCUT2D eigenvalue weighted by atomic mass is 10.0. The summed E-state index contributed by atoms with van der Waals surface area (Å²) in [6, 6.07) is 3.96. The first-order chi connectivity index (χ1) is 8.92. The van der Waals surface area contributed by atoms with Gasteiger partial charge in [-0.15, -0.1) is 0 Å². The van der Waals surface area contributed by atoms with Crippen molar-refractivity contribution in [3.05, 3.63) is 22.8 Å². The van der Waals surface area contributed by atoms with Gasteiger partial charge in [0.2, 0.25) is 0 Å². The second kappa shape index (κ2) is 6.24. The summed E-state index contributed by atoms with van der Waals surface area (Å²) >= 11 is 0. The molecule has 0 amide bonds. The summed E-state index contributed by atoms with van der Waals surface area (Å²) < 4.78 is 5.48. The monoisotopic (exact) mass is 260 g/mol. The van der Waals surface area contributed by atoms with E-state index in [0.29, 0.717) is 0 Å². The number of hydrogen-bond donors (Lipinski definition) is 0. The molecule has 0 saturated carbocycles. The SMILES string of the molecule is COc1c(C)c(C)cc(C)c1N(C)CC(=O)CC#N. The van der Waals surface area contributed by atoms with Gasteiger partial charge >= 0.3 is 0 Å². The minimum Gasteiger partial charge on any atom is -0.494 e. The largest absolute Gasteiger partial charge is 0.494 e. The Morgan fingerprint density at radius 2 is 2.00 bits per heavy atom.